The lowest BCUT2D eigenvalue weighted by molar-refractivity contribution is 0.215. The Morgan fingerprint density at radius 1 is 0.895 bits per heavy atom. The van der Waals surface area contributed by atoms with Gasteiger partial charge in [-0.1, -0.05) is 52.0 Å². The molecule has 0 radical (unpaired) electrons. The number of likely N-dealkylation sites (tertiary alicyclic amines) is 1. The first kappa shape index (κ1) is 14.6. The summed E-state index contributed by atoms with van der Waals surface area (Å²) in [5.41, 5.74) is 2.97. The van der Waals surface area contributed by atoms with Crippen molar-refractivity contribution in [3.8, 4) is 0 Å². The first-order chi connectivity index (χ1) is 9.08. The molecule has 1 heterocycles. The number of rotatable bonds is 5. The fourth-order valence-corrected chi connectivity index (χ4v) is 3.10. The first-order valence-corrected chi connectivity index (χ1v) is 7.92. The molecule has 0 N–H and O–H groups in total. The Morgan fingerprint density at radius 3 is 1.89 bits per heavy atom. The van der Waals surface area contributed by atoms with Crippen LogP contribution < -0.4 is 0 Å². The van der Waals surface area contributed by atoms with Crippen LogP contribution in [0.5, 0.6) is 0 Å². The lowest BCUT2D eigenvalue weighted by Crippen LogP contribution is -2.26. The first-order valence-electron chi connectivity index (χ1n) is 7.92. The smallest absolute Gasteiger partial charge is 0.0350 e. The van der Waals surface area contributed by atoms with Crippen LogP contribution in [-0.4, -0.2) is 18.0 Å². The lowest BCUT2D eigenvalue weighted by atomic mass is 9.93. The van der Waals surface area contributed by atoms with E-state index in [2.05, 4.69) is 56.9 Å². The van der Waals surface area contributed by atoms with Crippen molar-refractivity contribution in [2.45, 2.75) is 58.9 Å². The summed E-state index contributed by atoms with van der Waals surface area (Å²) in [7, 11) is 0. The Balaban J connectivity index is 2.16. The SMILES string of the molecule is CC(C)CC(c1ccc(C(C)C)cc1)N1CCCC1. The van der Waals surface area contributed by atoms with Crippen molar-refractivity contribution in [3.05, 3.63) is 35.4 Å². The standard InChI is InChI=1S/C18H29N/c1-14(2)13-18(19-11-5-6-12-19)17-9-7-16(8-10-17)15(3)4/h7-10,14-15,18H,5-6,11-13H2,1-4H3. The summed E-state index contributed by atoms with van der Waals surface area (Å²) in [5.74, 6) is 1.39. The zero-order valence-corrected chi connectivity index (χ0v) is 13.0. The topological polar surface area (TPSA) is 3.24 Å². The van der Waals surface area contributed by atoms with E-state index in [1.807, 2.05) is 0 Å². The van der Waals surface area contributed by atoms with Crippen molar-refractivity contribution in [3.63, 3.8) is 0 Å². The van der Waals surface area contributed by atoms with Crippen LogP contribution in [0.2, 0.25) is 0 Å². The van der Waals surface area contributed by atoms with Crippen LogP contribution in [0.25, 0.3) is 0 Å². The Bertz CT molecular complexity index is 371. The van der Waals surface area contributed by atoms with Crippen LogP contribution in [0, 0.1) is 5.92 Å². The minimum atomic E-state index is 0.628. The van der Waals surface area contributed by atoms with Gasteiger partial charge in [0.2, 0.25) is 0 Å². The van der Waals surface area contributed by atoms with Gasteiger partial charge in [-0.05, 0) is 55.3 Å². The highest BCUT2D eigenvalue weighted by molar-refractivity contribution is 5.27. The average molecular weight is 259 g/mol. The van der Waals surface area contributed by atoms with Crippen molar-refractivity contribution >= 4 is 0 Å². The number of benzene rings is 1. The van der Waals surface area contributed by atoms with Crippen LogP contribution >= 0.6 is 0 Å². The van der Waals surface area contributed by atoms with E-state index in [1.165, 1.54) is 43.5 Å². The fraction of sp³-hybridized carbons (Fsp3) is 0.667. The Kier molecular flexibility index (Phi) is 5.04. The quantitative estimate of drug-likeness (QED) is 0.720. The normalized spacial score (nSPS) is 18.4. The number of hydrogen-bond acceptors (Lipinski definition) is 1. The van der Waals surface area contributed by atoms with Gasteiger partial charge < -0.3 is 0 Å². The zero-order valence-electron chi connectivity index (χ0n) is 13.0. The Hall–Kier alpha value is -0.820. The molecule has 1 aromatic rings. The highest BCUT2D eigenvalue weighted by Crippen LogP contribution is 2.31. The molecule has 1 aromatic carbocycles. The second-order valence-electron chi connectivity index (χ2n) is 6.71. The van der Waals surface area contributed by atoms with E-state index in [0.717, 1.165) is 5.92 Å². The minimum absolute atomic E-state index is 0.628. The van der Waals surface area contributed by atoms with Gasteiger partial charge >= 0.3 is 0 Å². The third kappa shape index (κ3) is 3.82. The second kappa shape index (κ2) is 6.56. The van der Waals surface area contributed by atoms with E-state index in [0.29, 0.717) is 12.0 Å². The van der Waals surface area contributed by atoms with E-state index in [-0.39, 0.29) is 0 Å². The van der Waals surface area contributed by atoms with Gasteiger partial charge in [0.25, 0.3) is 0 Å². The second-order valence-corrected chi connectivity index (χ2v) is 6.71. The Labute approximate surface area is 119 Å². The molecule has 2 rings (SSSR count). The van der Waals surface area contributed by atoms with Crippen molar-refractivity contribution in [2.75, 3.05) is 13.1 Å². The van der Waals surface area contributed by atoms with Gasteiger partial charge in [-0.25, -0.2) is 0 Å². The fourth-order valence-electron chi connectivity index (χ4n) is 3.10. The zero-order chi connectivity index (χ0) is 13.8. The van der Waals surface area contributed by atoms with E-state index < -0.39 is 0 Å². The molecule has 1 nitrogen and oxygen atoms in total. The van der Waals surface area contributed by atoms with Crippen molar-refractivity contribution in [1.29, 1.82) is 0 Å². The highest BCUT2D eigenvalue weighted by atomic mass is 15.2. The predicted octanol–water partition coefficient (Wildman–Crippen LogP) is 4.99. The molecular weight excluding hydrogens is 230 g/mol. The summed E-state index contributed by atoms with van der Waals surface area (Å²) in [4.78, 5) is 2.68. The summed E-state index contributed by atoms with van der Waals surface area (Å²) in [6, 6.07) is 10.00. The van der Waals surface area contributed by atoms with Crippen LogP contribution in [0.1, 0.15) is 70.0 Å². The van der Waals surface area contributed by atoms with E-state index in [1.54, 1.807) is 0 Å². The average Bonchev–Trinajstić information content (AvgIpc) is 2.89. The Morgan fingerprint density at radius 2 is 1.42 bits per heavy atom. The molecule has 0 aliphatic carbocycles. The summed E-state index contributed by atoms with van der Waals surface area (Å²) >= 11 is 0. The van der Waals surface area contributed by atoms with Crippen molar-refractivity contribution in [2.24, 2.45) is 5.92 Å². The van der Waals surface area contributed by atoms with Gasteiger partial charge in [0, 0.05) is 6.04 Å². The third-order valence-electron chi connectivity index (χ3n) is 4.26. The number of hydrogen-bond donors (Lipinski definition) is 0. The molecule has 1 aliphatic rings. The maximum absolute atomic E-state index is 2.68. The predicted molar refractivity (Wildman–Crippen MR) is 83.5 cm³/mol. The van der Waals surface area contributed by atoms with Gasteiger partial charge in [0.15, 0.2) is 0 Å². The van der Waals surface area contributed by atoms with Crippen LogP contribution in [0.3, 0.4) is 0 Å². The molecule has 1 fully saturated rings. The van der Waals surface area contributed by atoms with E-state index >= 15 is 0 Å². The summed E-state index contributed by atoms with van der Waals surface area (Å²) in [6.45, 7) is 11.8. The lowest BCUT2D eigenvalue weighted by Gasteiger charge is -2.29. The monoisotopic (exact) mass is 259 g/mol. The molecule has 19 heavy (non-hydrogen) atoms. The van der Waals surface area contributed by atoms with Gasteiger partial charge in [-0.3, -0.25) is 4.90 Å². The van der Waals surface area contributed by atoms with Crippen LogP contribution in [0.4, 0.5) is 0 Å². The summed E-state index contributed by atoms with van der Waals surface area (Å²) in [6.07, 6.45) is 4.03. The van der Waals surface area contributed by atoms with Crippen molar-refractivity contribution < 1.29 is 0 Å². The molecule has 0 amide bonds. The minimum Gasteiger partial charge on any atom is -0.296 e. The third-order valence-corrected chi connectivity index (χ3v) is 4.26. The van der Waals surface area contributed by atoms with Crippen LogP contribution in [-0.2, 0) is 0 Å². The number of nitrogens with zero attached hydrogens (tertiary/aromatic N) is 1. The molecule has 1 saturated heterocycles. The summed E-state index contributed by atoms with van der Waals surface area (Å²) < 4.78 is 0. The van der Waals surface area contributed by atoms with Gasteiger partial charge in [-0.15, -0.1) is 0 Å². The van der Waals surface area contributed by atoms with E-state index in [4.69, 9.17) is 0 Å². The summed E-state index contributed by atoms with van der Waals surface area (Å²) in [5, 5.41) is 0. The molecule has 1 heteroatoms. The largest absolute Gasteiger partial charge is 0.296 e. The molecule has 0 bridgehead atoms. The van der Waals surface area contributed by atoms with Gasteiger partial charge in [0.05, 0.1) is 0 Å². The van der Waals surface area contributed by atoms with E-state index in [9.17, 15) is 0 Å². The maximum atomic E-state index is 2.68. The molecule has 1 atom stereocenters. The van der Waals surface area contributed by atoms with Crippen molar-refractivity contribution in [1.82, 2.24) is 4.90 Å². The molecule has 1 unspecified atom stereocenters. The van der Waals surface area contributed by atoms with Gasteiger partial charge in [0.1, 0.15) is 0 Å². The molecule has 0 spiro atoms. The molecule has 0 saturated carbocycles. The maximum Gasteiger partial charge on any atom is 0.0350 e. The molecular formula is C18H29N. The molecule has 106 valence electrons. The highest BCUT2D eigenvalue weighted by Gasteiger charge is 2.24. The molecule has 1 aliphatic heterocycles. The molecule has 0 aromatic heterocycles. The van der Waals surface area contributed by atoms with Gasteiger partial charge in [-0.2, -0.15) is 0 Å². The van der Waals surface area contributed by atoms with Crippen LogP contribution in [0.15, 0.2) is 24.3 Å².